The molecular weight excluding hydrogens is 279 g/mol. The lowest BCUT2D eigenvalue weighted by Crippen LogP contribution is -1.98. The fourth-order valence-electron chi connectivity index (χ4n) is 2.46. The number of hydrogen-bond donors (Lipinski definition) is 0. The van der Waals surface area contributed by atoms with Gasteiger partial charge in [-0.2, -0.15) is 0 Å². The molecule has 2 nitrogen and oxygen atoms in total. The lowest BCUT2D eigenvalue weighted by Gasteiger charge is -2.00. The average Bonchev–Trinajstić information content (AvgIpc) is 2.54. The number of halogens is 1. The van der Waals surface area contributed by atoms with Gasteiger partial charge in [0.25, 0.3) is 0 Å². The van der Waals surface area contributed by atoms with Crippen molar-refractivity contribution >= 4 is 5.97 Å². The van der Waals surface area contributed by atoms with Gasteiger partial charge in [-0.05, 0) is 38.5 Å². The molecule has 0 aromatic heterocycles. The number of methoxy groups -OCH3 is 1. The van der Waals surface area contributed by atoms with Crippen LogP contribution in [0, 0.1) is 0 Å². The molecule has 0 saturated carbocycles. The summed E-state index contributed by atoms with van der Waals surface area (Å²) in [4.78, 5) is 10.9. The predicted molar refractivity (Wildman–Crippen MR) is 91.8 cm³/mol. The van der Waals surface area contributed by atoms with Crippen molar-refractivity contribution in [1.82, 2.24) is 0 Å². The summed E-state index contributed by atoms with van der Waals surface area (Å²) in [5.41, 5.74) is 0. The Morgan fingerprint density at radius 2 is 1.23 bits per heavy atom. The van der Waals surface area contributed by atoms with Crippen LogP contribution in [0.5, 0.6) is 0 Å². The number of ether oxygens (including phenoxy) is 1. The highest BCUT2D eigenvalue weighted by Gasteiger charge is 1.98. The highest BCUT2D eigenvalue weighted by Crippen LogP contribution is 2.10. The van der Waals surface area contributed by atoms with Gasteiger partial charge >= 0.3 is 5.97 Å². The summed E-state index contributed by atoms with van der Waals surface area (Å²) < 4.78 is 16.5. The lowest BCUT2D eigenvalue weighted by atomic mass is 10.1. The zero-order valence-electron chi connectivity index (χ0n) is 14.5. The Bertz CT molecular complexity index is 264. The molecule has 22 heavy (non-hydrogen) atoms. The summed E-state index contributed by atoms with van der Waals surface area (Å²) >= 11 is 0. The number of hydrogen-bond acceptors (Lipinski definition) is 2. The molecule has 3 heteroatoms. The number of allylic oxidation sites excluding steroid dienone is 2. The molecule has 0 bridgehead atoms. The van der Waals surface area contributed by atoms with Crippen LogP contribution < -0.4 is 0 Å². The maximum absolute atomic E-state index is 11.9. The van der Waals surface area contributed by atoms with Crippen molar-refractivity contribution in [3.8, 4) is 0 Å². The molecule has 0 unspecified atom stereocenters. The van der Waals surface area contributed by atoms with E-state index in [1.807, 2.05) is 0 Å². The maximum atomic E-state index is 11.9. The van der Waals surface area contributed by atoms with Crippen molar-refractivity contribution in [3.63, 3.8) is 0 Å². The highest BCUT2D eigenvalue weighted by molar-refractivity contribution is 5.68. The SMILES string of the molecule is COC(=O)CCCCCCC/C=C\CCCCCCCCF. The van der Waals surface area contributed by atoms with Crippen molar-refractivity contribution in [1.29, 1.82) is 0 Å². The molecule has 0 saturated heterocycles. The first-order valence-electron chi connectivity index (χ1n) is 9.09. The van der Waals surface area contributed by atoms with Gasteiger partial charge in [0.2, 0.25) is 0 Å². The monoisotopic (exact) mass is 314 g/mol. The number of esters is 1. The molecule has 0 N–H and O–H groups in total. The van der Waals surface area contributed by atoms with E-state index in [0.717, 1.165) is 25.7 Å². The number of carbonyl (C=O) groups is 1. The van der Waals surface area contributed by atoms with Crippen LogP contribution in [0.2, 0.25) is 0 Å². The van der Waals surface area contributed by atoms with E-state index in [2.05, 4.69) is 16.9 Å². The van der Waals surface area contributed by atoms with E-state index in [-0.39, 0.29) is 12.6 Å². The Morgan fingerprint density at radius 3 is 1.73 bits per heavy atom. The summed E-state index contributed by atoms with van der Waals surface area (Å²) in [5, 5.41) is 0. The van der Waals surface area contributed by atoms with Crippen molar-refractivity contribution < 1.29 is 13.9 Å². The van der Waals surface area contributed by atoms with Crippen LogP contribution in [0.15, 0.2) is 12.2 Å². The van der Waals surface area contributed by atoms with E-state index in [1.54, 1.807) is 0 Å². The highest BCUT2D eigenvalue weighted by atomic mass is 19.1. The van der Waals surface area contributed by atoms with Crippen molar-refractivity contribution in [2.45, 2.75) is 89.9 Å². The third kappa shape index (κ3) is 17.2. The standard InChI is InChI=1S/C19H35FO2/c1-22-19(21)17-15-13-11-9-7-5-3-2-4-6-8-10-12-14-16-18-20/h2-3H,4-18H2,1H3/b3-2-. The topological polar surface area (TPSA) is 26.3 Å². The Labute approximate surface area is 136 Å². The molecule has 130 valence electrons. The van der Waals surface area contributed by atoms with Crippen LogP contribution in [0.4, 0.5) is 4.39 Å². The summed E-state index contributed by atoms with van der Waals surface area (Å²) in [6, 6.07) is 0. The van der Waals surface area contributed by atoms with E-state index < -0.39 is 0 Å². The first-order valence-corrected chi connectivity index (χ1v) is 9.09. The fraction of sp³-hybridized carbons (Fsp3) is 0.842. The minimum atomic E-state index is -0.159. The van der Waals surface area contributed by atoms with Crippen LogP contribution in [0.1, 0.15) is 89.9 Å². The molecule has 0 aliphatic carbocycles. The first kappa shape index (κ1) is 21.1. The minimum absolute atomic E-state index is 0.0923. The third-order valence-electron chi connectivity index (χ3n) is 3.90. The molecule has 0 amide bonds. The van der Waals surface area contributed by atoms with Gasteiger partial charge in [0.05, 0.1) is 13.8 Å². The zero-order chi connectivity index (χ0) is 16.3. The van der Waals surface area contributed by atoms with Crippen LogP contribution in [0.3, 0.4) is 0 Å². The molecule has 0 aromatic carbocycles. The number of unbranched alkanes of at least 4 members (excludes halogenated alkanes) is 11. The van der Waals surface area contributed by atoms with Crippen molar-refractivity contribution in [2.75, 3.05) is 13.8 Å². The maximum Gasteiger partial charge on any atom is 0.305 e. The Morgan fingerprint density at radius 1 is 0.773 bits per heavy atom. The van der Waals surface area contributed by atoms with E-state index >= 15 is 0 Å². The number of carbonyl (C=O) groups excluding carboxylic acids is 1. The molecule has 0 aromatic rings. The van der Waals surface area contributed by atoms with E-state index in [0.29, 0.717) is 6.42 Å². The number of rotatable bonds is 16. The van der Waals surface area contributed by atoms with E-state index in [4.69, 9.17) is 0 Å². The molecule has 0 fully saturated rings. The van der Waals surface area contributed by atoms with Gasteiger partial charge in [-0.15, -0.1) is 0 Å². The van der Waals surface area contributed by atoms with Gasteiger partial charge in [0.15, 0.2) is 0 Å². The molecule has 0 rings (SSSR count). The van der Waals surface area contributed by atoms with E-state index in [9.17, 15) is 9.18 Å². The zero-order valence-corrected chi connectivity index (χ0v) is 14.5. The summed E-state index contributed by atoms with van der Waals surface area (Å²) in [6.45, 7) is -0.159. The number of alkyl halides is 1. The second kappa shape index (κ2) is 18.2. The second-order valence-electron chi connectivity index (χ2n) is 5.95. The van der Waals surface area contributed by atoms with Gasteiger partial charge in [0.1, 0.15) is 0 Å². The largest absolute Gasteiger partial charge is 0.469 e. The quantitative estimate of drug-likeness (QED) is 0.194. The first-order chi connectivity index (χ1) is 10.8. The van der Waals surface area contributed by atoms with Crippen molar-refractivity contribution in [2.24, 2.45) is 0 Å². The van der Waals surface area contributed by atoms with Crippen molar-refractivity contribution in [3.05, 3.63) is 12.2 Å². The molecule has 0 atom stereocenters. The molecular formula is C19H35FO2. The molecule has 0 radical (unpaired) electrons. The molecule has 0 spiro atoms. The summed E-state index contributed by atoms with van der Waals surface area (Å²) in [7, 11) is 1.45. The Hall–Kier alpha value is -0.860. The second-order valence-corrected chi connectivity index (χ2v) is 5.95. The Kier molecular flexibility index (Phi) is 17.5. The van der Waals surface area contributed by atoms with Gasteiger partial charge in [-0.3, -0.25) is 9.18 Å². The Balaban J connectivity index is 3.10. The summed E-state index contributed by atoms with van der Waals surface area (Å²) in [5.74, 6) is -0.0923. The van der Waals surface area contributed by atoms with Gasteiger partial charge in [-0.25, -0.2) is 0 Å². The van der Waals surface area contributed by atoms with Crippen LogP contribution in [0.25, 0.3) is 0 Å². The van der Waals surface area contributed by atoms with Gasteiger partial charge in [0, 0.05) is 6.42 Å². The smallest absolute Gasteiger partial charge is 0.305 e. The average molecular weight is 314 g/mol. The minimum Gasteiger partial charge on any atom is -0.469 e. The van der Waals surface area contributed by atoms with Crippen LogP contribution in [-0.2, 0) is 9.53 Å². The lowest BCUT2D eigenvalue weighted by molar-refractivity contribution is -0.140. The molecule has 0 aliphatic heterocycles. The van der Waals surface area contributed by atoms with E-state index in [1.165, 1.54) is 64.9 Å². The summed E-state index contributed by atoms with van der Waals surface area (Å²) in [6.07, 6.45) is 20.1. The molecule has 0 heterocycles. The van der Waals surface area contributed by atoms with Gasteiger partial charge < -0.3 is 4.74 Å². The fourth-order valence-corrected chi connectivity index (χ4v) is 2.46. The molecule has 0 aliphatic rings. The van der Waals surface area contributed by atoms with Gasteiger partial charge in [-0.1, -0.05) is 57.1 Å². The van der Waals surface area contributed by atoms with Crippen LogP contribution in [-0.4, -0.2) is 19.8 Å². The van der Waals surface area contributed by atoms with Crippen LogP contribution >= 0.6 is 0 Å². The normalized spacial score (nSPS) is 11.2. The predicted octanol–water partition coefficient (Wildman–Crippen LogP) is 6.15. The third-order valence-corrected chi connectivity index (χ3v) is 3.90.